The molecule has 0 spiro atoms. The summed E-state index contributed by atoms with van der Waals surface area (Å²) in [4.78, 5) is 38.0. The number of hydrogen-bond donors (Lipinski definition) is 3. The summed E-state index contributed by atoms with van der Waals surface area (Å²) in [6.45, 7) is 7.89. The molecule has 0 unspecified atom stereocenters. The van der Waals surface area contributed by atoms with Gasteiger partial charge >= 0.3 is 11.9 Å². The van der Waals surface area contributed by atoms with E-state index in [0.29, 0.717) is 18.6 Å². The van der Waals surface area contributed by atoms with Crippen LogP contribution in [0.15, 0.2) is 44.0 Å². The molecule has 2 heterocycles. The van der Waals surface area contributed by atoms with E-state index < -0.39 is 11.9 Å². The fourth-order valence-corrected chi connectivity index (χ4v) is 1.38. The summed E-state index contributed by atoms with van der Waals surface area (Å²) >= 11 is 0. The number of carbonyl (C=O) groups is 3. The van der Waals surface area contributed by atoms with E-state index in [1.54, 1.807) is 29.7 Å². The third-order valence-corrected chi connectivity index (χ3v) is 2.44. The third kappa shape index (κ3) is 10.2. The maximum atomic E-state index is 10.7. The monoisotopic (exact) mass is 321 g/mol. The zero-order chi connectivity index (χ0) is 17.7. The Morgan fingerprint density at radius 2 is 1.87 bits per heavy atom. The van der Waals surface area contributed by atoms with E-state index in [1.807, 2.05) is 0 Å². The first kappa shape index (κ1) is 19.8. The van der Waals surface area contributed by atoms with Crippen molar-refractivity contribution in [2.75, 3.05) is 6.54 Å². The number of aromatic nitrogens is 2. The fraction of sp³-hybridized carbons (Fsp3) is 0.200. The SMILES string of the molecule is C=CN1CCCC1=O.C=Cc1cnc[nH]1.O=C(O)C=CC(=O)O. The number of amides is 1. The Bertz CT molecular complexity index is 548. The lowest BCUT2D eigenvalue weighted by Gasteiger charge is -2.05. The van der Waals surface area contributed by atoms with E-state index in [2.05, 4.69) is 23.1 Å². The van der Waals surface area contributed by atoms with Gasteiger partial charge in [-0.05, 0) is 18.7 Å². The molecule has 8 heteroatoms. The molecule has 1 aromatic heterocycles. The molecule has 1 fully saturated rings. The summed E-state index contributed by atoms with van der Waals surface area (Å²) in [5, 5.41) is 15.6. The normalized spacial score (nSPS) is 12.7. The lowest BCUT2D eigenvalue weighted by Crippen LogP contribution is -2.16. The number of hydrogen-bond acceptors (Lipinski definition) is 4. The van der Waals surface area contributed by atoms with Crippen molar-refractivity contribution in [2.24, 2.45) is 0 Å². The van der Waals surface area contributed by atoms with Gasteiger partial charge in [0.1, 0.15) is 0 Å². The Morgan fingerprint density at radius 3 is 2.09 bits per heavy atom. The van der Waals surface area contributed by atoms with E-state index in [0.717, 1.165) is 18.7 Å². The van der Waals surface area contributed by atoms with E-state index in [1.165, 1.54) is 0 Å². The molecule has 23 heavy (non-hydrogen) atoms. The highest BCUT2D eigenvalue weighted by molar-refractivity contribution is 5.89. The maximum Gasteiger partial charge on any atom is 0.328 e. The lowest BCUT2D eigenvalue weighted by molar-refractivity contribution is -0.134. The van der Waals surface area contributed by atoms with Gasteiger partial charge in [0.2, 0.25) is 5.91 Å². The summed E-state index contributed by atoms with van der Waals surface area (Å²) in [5.41, 5.74) is 0.958. The molecule has 8 nitrogen and oxygen atoms in total. The van der Waals surface area contributed by atoms with Crippen LogP contribution in [0.3, 0.4) is 0 Å². The van der Waals surface area contributed by atoms with Gasteiger partial charge in [-0.1, -0.05) is 13.2 Å². The molecule has 1 aliphatic rings. The number of carboxylic acid groups (broad SMARTS) is 2. The number of aliphatic carboxylic acids is 2. The van der Waals surface area contributed by atoms with Gasteiger partial charge in [0.25, 0.3) is 0 Å². The smallest absolute Gasteiger partial charge is 0.328 e. The molecule has 1 saturated heterocycles. The third-order valence-electron chi connectivity index (χ3n) is 2.44. The van der Waals surface area contributed by atoms with E-state index >= 15 is 0 Å². The number of carboxylic acids is 2. The summed E-state index contributed by atoms with van der Waals surface area (Å²) < 4.78 is 0. The van der Waals surface area contributed by atoms with Crippen molar-refractivity contribution >= 4 is 23.9 Å². The average molecular weight is 321 g/mol. The zero-order valence-electron chi connectivity index (χ0n) is 12.5. The van der Waals surface area contributed by atoms with Crippen molar-refractivity contribution in [3.8, 4) is 0 Å². The van der Waals surface area contributed by atoms with Crippen LogP contribution in [-0.2, 0) is 14.4 Å². The number of H-pyrrole nitrogens is 1. The van der Waals surface area contributed by atoms with Crippen LogP contribution < -0.4 is 0 Å². The molecule has 0 radical (unpaired) electrons. The van der Waals surface area contributed by atoms with Gasteiger partial charge in [-0.3, -0.25) is 4.79 Å². The number of likely N-dealkylation sites (tertiary alicyclic amines) is 1. The van der Waals surface area contributed by atoms with Crippen LogP contribution in [0.4, 0.5) is 0 Å². The van der Waals surface area contributed by atoms with Gasteiger partial charge in [0, 0.05) is 25.1 Å². The molecule has 0 atom stereocenters. The molecular formula is C15H19N3O5. The van der Waals surface area contributed by atoms with Gasteiger partial charge in [0.15, 0.2) is 0 Å². The lowest BCUT2D eigenvalue weighted by atomic mass is 10.4. The predicted molar refractivity (Wildman–Crippen MR) is 84.2 cm³/mol. The second-order valence-corrected chi connectivity index (χ2v) is 4.09. The molecular weight excluding hydrogens is 302 g/mol. The number of nitrogens with zero attached hydrogens (tertiary/aromatic N) is 2. The van der Waals surface area contributed by atoms with Crippen LogP contribution in [0.25, 0.3) is 6.08 Å². The summed E-state index contributed by atoms with van der Waals surface area (Å²) in [5.74, 6) is -2.31. The molecule has 1 aromatic rings. The highest BCUT2D eigenvalue weighted by Gasteiger charge is 2.15. The maximum absolute atomic E-state index is 10.7. The van der Waals surface area contributed by atoms with Crippen LogP contribution in [0, 0.1) is 0 Å². The van der Waals surface area contributed by atoms with E-state index in [4.69, 9.17) is 10.2 Å². The molecule has 0 aliphatic carbocycles. The van der Waals surface area contributed by atoms with E-state index in [-0.39, 0.29) is 5.91 Å². The van der Waals surface area contributed by atoms with Gasteiger partial charge < -0.3 is 20.1 Å². The molecule has 0 bridgehead atoms. The largest absolute Gasteiger partial charge is 0.478 e. The predicted octanol–water partition coefficient (Wildman–Crippen LogP) is 1.52. The molecule has 1 amide bonds. The highest BCUT2D eigenvalue weighted by Crippen LogP contribution is 2.08. The van der Waals surface area contributed by atoms with Gasteiger partial charge in [-0.2, -0.15) is 0 Å². The summed E-state index contributed by atoms with van der Waals surface area (Å²) in [6.07, 6.45) is 9.45. The van der Waals surface area contributed by atoms with Gasteiger partial charge in [-0.15, -0.1) is 0 Å². The Kier molecular flexibility index (Phi) is 9.91. The van der Waals surface area contributed by atoms with Crippen LogP contribution in [0.1, 0.15) is 18.5 Å². The minimum Gasteiger partial charge on any atom is -0.478 e. The quantitative estimate of drug-likeness (QED) is 0.722. The summed E-state index contributed by atoms with van der Waals surface area (Å²) in [6, 6.07) is 0. The van der Waals surface area contributed by atoms with E-state index in [9.17, 15) is 14.4 Å². The van der Waals surface area contributed by atoms with Crippen molar-refractivity contribution in [1.29, 1.82) is 0 Å². The minimum atomic E-state index is -1.26. The Hall–Kier alpha value is -3.16. The van der Waals surface area contributed by atoms with Crippen molar-refractivity contribution < 1.29 is 24.6 Å². The second kappa shape index (κ2) is 11.5. The number of nitrogens with one attached hydrogen (secondary N) is 1. The van der Waals surface area contributed by atoms with Crippen LogP contribution in [-0.4, -0.2) is 49.5 Å². The molecule has 0 aromatic carbocycles. The van der Waals surface area contributed by atoms with Crippen LogP contribution in [0.5, 0.6) is 0 Å². The minimum absolute atomic E-state index is 0.208. The first-order valence-electron chi connectivity index (χ1n) is 6.57. The topological polar surface area (TPSA) is 124 Å². The van der Waals surface area contributed by atoms with Crippen LogP contribution >= 0.6 is 0 Å². The average Bonchev–Trinajstić information content (AvgIpc) is 3.17. The standard InChI is InChI=1S/C6H9NO.C5H6N2.C4H4O4/c1-2-7-5-3-4-6(7)8;1-2-5-3-6-4-7-5;5-3(6)1-2-4(7)8/h2H,1,3-5H2;2-4H,1H2,(H,6,7);1-2H,(H,5,6)(H,7,8). The first-order valence-corrected chi connectivity index (χ1v) is 6.57. The number of imidazole rings is 1. The first-order chi connectivity index (χ1) is 10.9. The second-order valence-electron chi connectivity index (χ2n) is 4.09. The number of carbonyl (C=O) groups excluding carboxylic acids is 1. The molecule has 2 rings (SSSR count). The Labute approximate surface area is 133 Å². The number of rotatable bonds is 4. The molecule has 3 N–H and O–H groups in total. The highest BCUT2D eigenvalue weighted by atomic mass is 16.4. The Morgan fingerprint density at radius 1 is 1.26 bits per heavy atom. The zero-order valence-corrected chi connectivity index (χ0v) is 12.5. The van der Waals surface area contributed by atoms with Gasteiger partial charge in [-0.25, -0.2) is 14.6 Å². The molecule has 124 valence electrons. The van der Waals surface area contributed by atoms with Crippen molar-refractivity contribution in [3.63, 3.8) is 0 Å². The molecule has 1 aliphatic heterocycles. The fourth-order valence-electron chi connectivity index (χ4n) is 1.38. The summed E-state index contributed by atoms with van der Waals surface area (Å²) in [7, 11) is 0. The van der Waals surface area contributed by atoms with Crippen molar-refractivity contribution in [2.45, 2.75) is 12.8 Å². The van der Waals surface area contributed by atoms with Crippen molar-refractivity contribution in [3.05, 3.63) is 49.7 Å². The Balaban J connectivity index is 0.000000316. The van der Waals surface area contributed by atoms with Crippen molar-refractivity contribution in [1.82, 2.24) is 14.9 Å². The number of aromatic amines is 1. The van der Waals surface area contributed by atoms with Crippen LogP contribution in [0.2, 0.25) is 0 Å². The molecule has 0 saturated carbocycles. The van der Waals surface area contributed by atoms with Gasteiger partial charge in [0.05, 0.1) is 18.2 Å².